The number of fused-ring (bicyclic) bond motifs is 1. The van der Waals surface area contributed by atoms with Crippen molar-refractivity contribution in [3.8, 4) is 0 Å². The molecule has 1 aliphatic heterocycles. The maximum Gasteiger partial charge on any atom is 0.272 e. The van der Waals surface area contributed by atoms with Crippen molar-refractivity contribution in [2.75, 3.05) is 0 Å². The third-order valence-corrected chi connectivity index (χ3v) is 5.14. The number of benzene rings is 2. The molecule has 0 unspecified atom stereocenters. The Bertz CT molecular complexity index is 992. The molecule has 148 valence electrons. The van der Waals surface area contributed by atoms with Gasteiger partial charge in [0.25, 0.3) is 5.91 Å². The molecule has 2 N–H and O–H groups in total. The largest absolute Gasteiger partial charge is 0.351 e. The molecule has 1 aliphatic rings. The lowest BCUT2D eigenvalue weighted by Crippen LogP contribution is -2.37. The SMILES string of the molecule is O=C(Cc1ccc(Cl)cc1)N[C@H]1Cc2cc(C(=O)NCc3ccccc3)nn2C1. The molecule has 0 spiro atoms. The van der Waals surface area contributed by atoms with Gasteiger partial charge < -0.3 is 10.6 Å². The van der Waals surface area contributed by atoms with Gasteiger partial charge in [-0.15, -0.1) is 0 Å². The molecule has 0 bridgehead atoms. The van der Waals surface area contributed by atoms with Gasteiger partial charge in [-0.05, 0) is 29.3 Å². The highest BCUT2D eigenvalue weighted by Crippen LogP contribution is 2.17. The van der Waals surface area contributed by atoms with Crippen LogP contribution < -0.4 is 10.6 Å². The van der Waals surface area contributed by atoms with Gasteiger partial charge >= 0.3 is 0 Å². The average Bonchev–Trinajstić information content (AvgIpc) is 3.27. The predicted octanol–water partition coefficient (Wildman–Crippen LogP) is 2.75. The van der Waals surface area contributed by atoms with Crippen LogP contribution >= 0.6 is 11.6 Å². The summed E-state index contributed by atoms with van der Waals surface area (Å²) in [5, 5.41) is 11.0. The Hall–Kier alpha value is -3.12. The molecule has 1 aromatic heterocycles. The highest BCUT2D eigenvalue weighted by Gasteiger charge is 2.26. The van der Waals surface area contributed by atoms with Gasteiger partial charge in [0, 0.05) is 23.7 Å². The average molecular weight is 409 g/mol. The minimum absolute atomic E-state index is 0.0151. The smallest absolute Gasteiger partial charge is 0.272 e. The van der Waals surface area contributed by atoms with Crippen molar-refractivity contribution in [2.24, 2.45) is 0 Å². The van der Waals surface area contributed by atoms with Gasteiger partial charge in [-0.25, -0.2) is 0 Å². The highest BCUT2D eigenvalue weighted by atomic mass is 35.5. The van der Waals surface area contributed by atoms with Gasteiger partial charge in [-0.1, -0.05) is 54.1 Å². The molecular weight excluding hydrogens is 388 g/mol. The summed E-state index contributed by atoms with van der Waals surface area (Å²) < 4.78 is 1.80. The van der Waals surface area contributed by atoms with Crippen LogP contribution in [0.25, 0.3) is 0 Å². The molecular formula is C22H21ClN4O2. The lowest BCUT2D eigenvalue weighted by Gasteiger charge is -2.12. The normalized spacial score (nSPS) is 15.0. The van der Waals surface area contributed by atoms with Crippen LogP contribution in [0.4, 0.5) is 0 Å². The van der Waals surface area contributed by atoms with Crippen molar-refractivity contribution in [1.82, 2.24) is 20.4 Å². The molecule has 0 saturated heterocycles. The third kappa shape index (κ3) is 4.84. The summed E-state index contributed by atoms with van der Waals surface area (Å²) in [7, 11) is 0. The summed E-state index contributed by atoms with van der Waals surface area (Å²) in [6.07, 6.45) is 0.967. The standard InChI is InChI=1S/C22H21ClN4O2/c23-17-8-6-15(7-9-17)10-21(28)25-18-11-19-12-20(26-27(19)14-18)22(29)24-13-16-4-2-1-3-5-16/h1-9,12,18H,10-11,13-14H2,(H,24,29)(H,25,28)/t18-/m0/s1. The summed E-state index contributed by atoms with van der Waals surface area (Å²) in [5.41, 5.74) is 3.31. The minimum atomic E-state index is -0.195. The number of aromatic nitrogens is 2. The molecule has 4 rings (SSSR count). The number of hydrogen-bond donors (Lipinski definition) is 2. The van der Waals surface area contributed by atoms with E-state index in [1.165, 1.54) is 0 Å². The quantitative estimate of drug-likeness (QED) is 0.658. The number of halogens is 1. The number of carbonyl (C=O) groups is 2. The van der Waals surface area contributed by atoms with Crippen LogP contribution in [-0.2, 0) is 30.7 Å². The molecule has 2 amide bonds. The number of hydrogen-bond acceptors (Lipinski definition) is 3. The fraction of sp³-hybridized carbons (Fsp3) is 0.227. The van der Waals surface area contributed by atoms with E-state index < -0.39 is 0 Å². The summed E-state index contributed by atoms with van der Waals surface area (Å²) in [5.74, 6) is -0.233. The molecule has 2 aromatic carbocycles. The molecule has 0 aliphatic carbocycles. The zero-order valence-corrected chi connectivity index (χ0v) is 16.5. The number of carbonyl (C=O) groups excluding carboxylic acids is 2. The summed E-state index contributed by atoms with van der Waals surface area (Å²) >= 11 is 5.87. The van der Waals surface area contributed by atoms with E-state index in [1.54, 1.807) is 22.9 Å². The van der Waals surface area contributed by atoms with Crippen molar-refractivity contribution in [2.45, 2.75) is 32.0 Å². The zero-order valence-electron chi connectivity index (χ0n) is 15.8. The Kier molecular flexibility index (Phi) is 5.62. The zero-order chi connectivity index (χ0) is 20.2. The fourth-order valence-electron chi connectivity index (χ4n) is 3.45. The van der Waals surface area contributed by atoms with Crippen LogP contribution in [0.5, 0.6) is 0 Å². The first kappa shape index (κ1) is 19.2. The second-order valence-corrected chi connectivity index (χ2v) is 7.58. The summed E-state index contributed by atoms with van der Waals surface area (Å²) in [4.78, 5) is 24.6. The van der Waals surface area contributed by atoms with E-state index in [0.717, 1.165) is 16.8 Å². The molecule has 1 atom stereocenters. The molecule has 0 radical (unpaired) electrons. The molecule has 0 fully saturated rings. The van der Waals surface area contributed by atoms with Crippen molar-refractivity contribution >= 4 is 23.4 Å². The van der Waals surface area contributed by atoms with Gasteiger partial charge in [0.15, 0.2) is 0 Å². The maximum absolute atomic E-state index is 12.3. The van der Waals surface area contributed by atoms with E-state index in [4.69, 9.17) is 11.6 Å². The van der Waals surface area contributed by atoms with Crippen LogP contribution in [0.15, 0.2) is 60.7 Å². The Morgan fingerprint density at radius 3 is 2.55 bits per heavy atom. The summed E-state index contributed by atoms with van der Waals surface area (Å²) in [6.45, 7) is 1.03. The lowest BCUT2D eigenvalue weighted by molar-refractivity contribution is -0.121. The second-order valence-electron chi connectivity index (χ2n) is 7.14. The van der Waals surface area contributed by atoms with Crippen molar-refractivity contribution in [3.63, 3.8) is 0 Å². The van der Waals surface area contributed by atoms with E-state index in [1.807, 2.05) is 42.5 Å². The molecule has 29 heavy (non-hydrogen) atoms. The number of amides is 2. The van der Waals surface area contributed by atoms with Gasteiger partial charge in [0.1, 0.15) is 5.69 Å². The Balaban J connectivity index is 1.28. The van der Waals surface area contributed by atoms with E-state index in [0.29, 0.717) is 36.6 Å². The first-order chi connectivity index (χ1) is 14.1. The van der Waals surface area contributed by atoms with E-state index >= 15 is 0 Å². The minimum Gasteiger partial charge on any atom is -0.351 e. The van der Waals surface area contributed by atoms with E-state index in [9.17, 15) is 9.59 Å². The van der Waals surface area contributed by atoms with E-state index in [2.05, 4.69) is 15.7 Å². The Morgan fingerprint density at radius 2 is 1.83 bits per heavy atom. The third-order valence-electron chi connectivity index (χ3n) is 4.88. The fourth-order valence-corrected chi connectivity index (χ4v) is 3.57. The molecule has 2 heterocycles. The van der Waals surface area contributed by atoms with E-state index in [-0.39, 0.29) is 17.9 Å². The molecule has 3 aromatic rings. The predicted molar refractivity (Wildman–Crippen MR) is 111 cm³/mol. The first-order valence-corrected chi connectivity index (χ1v) is 9.87. The lowest BCUT2D eigenvalue weighted by atomic mass is 10.1. The van der Waals surface area contributed by atoms with Crippen molar-refractivity contribution in [1.29, 1.82) is 0 Å². The van der Waals surface area contributed by atoms with Crippen molar-refractivity contribution < 1.29 is 9.59 Å². The van der Waals surface area contributed by atoms with Crippen LogP contribution in [0, 0.1) is 0 Å². The monoisotopic (exact) mass is 408 g/mol. The maximum atomic E-state index is 12.3. The molecule has 0 saturated carbocycles. The number of nitrogens with zero attached hydrogens (tertiary/aromatic N) is 2. The Labute approximate surface area is 173 Å². The summed E-state index contributed by atoms with van der Waals surface area (Å²) in [6, 6.07) is 18.8. The van der Waals surface area contributed by atoms with Crippen LogP contribution in [-0.4, -0.2) is 27.6 Å². The van der Waals surface area contributed by atoms with Gasteiger partial charge in [-0.2, -0.15) is 5.10 Å². The molecule has 7 heteroatoms. The Morgan fingerprint density at radius 1 is 1.07 bits per heavy atom. The van der Waals surface area contributed by atoms with Gasteiger partial charge in [0.2, 0.25) is 5.91 Å². The molecule has 6 nitrogen and oxygen atoms in total. The second kappa shape index (κ2) is 8.49. The highest BCUT2D eigenvalue weighted by molar-refractivity contribution is 6.30. The van der Waals surface area contributed by atoms with Crippen LogP contribution in [0.2, 0.25) is 5.02 Å². The van der Waals surface area contributed by atoms with Crippen LogP contribution in [0.1, 0.15) is 27.3 Å². The van der Waals surface area contributed by atoms with Crippen molar-refractivity contribution in [3.05, 3.63) is 88.2 Å². The number of rotatable bonds is 6. The topological polar surface area (TPSA) is 76.0 Å². The van der Waals surface area contributed by atoms with Crippen LogP contribution in [0.3, 0.4) is 0 Å². The number of nitrogens with one attached hydrogen (secondary N) is 2. The van der Waals surface area contributed by atoms with Gasteiger partial charge in [-0.3, -0.25) is 14.3 Å². The first-order valence-electron chi connectivity index (χ1n) is 9.49. The van der Waals surface area contributed by atoms with Gasteiger partial charge in [0.05, 0.1) is 19.0 Å².